The van der Waals surface area contributed by atoms with Crippen LogP contribution in [0.25, 0.3) is 0 Å². The SMILES string of the molecule is CNC(Cc1ccc(OC)c(Br)c1)c1csc(I)c1. The Balaban J connectivity index is 2.16. The zero-order valence-electron chi connectivity index (χ0n) is 10.7. The summed E-state index contributed by atoms with van der Waals surface area (Å²) in [7, 11) is 3.69. The first-order valence-corrected chi connectivity index (χ1v) is 8.62. The van der Waals surface area contributed by atoms with Gasteiger partial charge in [0.05, 0.1) is 14.5 Å². The van der Waals surface area contributed by atoms with E-state index in [-0.39, 0.29) is 0 Å². The number of nitrogens with one attached hydrogen (secondary N) is 1. The van der Waals surface area contributed by atoms with Crippen molar-refractivity contribution in [2.45, 2.75) is 12.5 Å². The smallest absolute Gasteiger partial charge is 0.133 e. The minimum atomic E-state index is 0.347. The predicted molar refractivity (Wildman–Crippen MR) is 93.2 cm³/mol. The van der Waals surface area contributed by atoms with Gasteiger partial charge in [0.25, 0.3) is 0 Å². The average Bonchev–Trinajstić information content (AvgIpc) is 2.82. The Kier molecular flexibility index (Phi) is 5.68. The number of hydrogen-bond donors (Lipinski definition) is 1. The molecule has 1 N–H and O–H groups in total. The topological polar surface area (TPSA) is 21.3 Å². The average molecular weight is 452 g/mol. The van der Waals surface area contributed by atoms with E-state index in [1.165, 1.54) is 14.0 Å². The van der Waals surface area contributed by atoms with Crippen LogP contribution in [-0.4, -0.2) is 14.2 Å². The fourth-order valence-electron chi connectivity index (χ4n) is 1.97. The summed E-state index contributed by atoms with van der Waals surface area (Å²) in [6.07, 6.45) is 0.964. The summed E-state index contributed by atoms with van der Waals surface area (Å²) in [4.78, 5) is 0. The maximum absolute atomic E-state index is 5.26. The lowest BCUT2D eigenvalue weighted by atomic mass is 10.0. The number of rotatable bonds is 5. The molecule has 1 atom stereocenters. The Hall–Kier alpha value is -0.110. The van der Waals surface area contributed by atoms with Crippen LogP contribution in [0.5, 0.6) is 5.75 Å². The van der Waals surface area contributed by atoms with E-state index in [1.54, 1.807) is 18.4 Å². The van der Waals surface area contributed by atoms with Crippen LogP contribution < -0.4 is 10.1 Å². The van der Waals surface area contributed by atoms with Crippen molar-refractivity contribution in [2.24, 2.45) is 0 Å². The van der Waals surface area contributed by atoms with Gasteiger partial charge in [-0.05, 0) is 86.7 Å². The molecule has 0 aliphatic rings. The molecule has 1 aromatic heterocycles. The predicted octanol–water partition coefficient (Wildman–Crippen LogP) is 4.63. The molecular weight excluding hydrogens is 437 g/mol. The van der Waals surface area contributed by atoms with E-state index in [9.17, 15) is 0 Å². The van der Waals surface area contributed by atoms with Crippen LogP contribution in [0.1, 0.15) is 17.2 Å². The normalized spacial score (nSPS) is 12.4. The quantitative estimate of drug-likeness (QED) is 0.669. The number of ether oxygens (including phenoxy) is 1. The molecule has 19 heavy (non-hydrogen) atoms. The van der Waals surface area contributed by atoms with E-state index in [0.29, 0.717) is 6.04 Å². The molecule has 2 aromatic rings. The van der Waals surface area contributed by atoms with Crippen molar-refractivity contribution in [2.75, 3.05) is 14.2 Å². The van der Waals surface area contributed by atoms with Gasteiger partial charge < -0.3 is 10.1 Å². The summed E-state index contributed by atoms with van der Waals surface area (Å²) in [5.74, 6) is 0.870. The second kappa shape index (κ2) is 7.06. The maximum atomic E-state index is 5.26. The van der Waals surface area contributed by atoms with Crippen LogP contribution in [0, 0.1) is 2.88 Å². The molecule has 5 heteroatoms. The second-order valence-electron chi connectivity index (χ2n) is 4.20. The van der Waals surface area contributed by atoms with Gasteiger partial charge >= 0.3 is 0 Å². The van der Waals surface area contributed by atoms with Gasteiger partial charge in [-0.3, -0.25) is 0 Å². The van der Waals surface area contributed by atoms with E-state index in [1.807, 2.05) is 13.1 Å². The van der Waals surface area contributed by atoms with Crippen molar-refractivity contribution in [1.29, 1.82) is 0 Å². The molecule has 0 saturated carbocycles. The lowest BCUT2D eigenvalue weighted by molar-refractivity contribution is 0.412. The van der Waals surface area contributed by atoms with Crippen LogP contribution in [0.4, 0.5) is 0 Å². The van der Waals surface area contributed by atoms with Crippen molar-refractivity contribution in [3.8, 4) is 5.75 Å². The van der Waals surface area contributed by atoms with Crippen molar-refractivity contribution < 1.29 is 4.74 Å². The van der Waals surface area contributed by atoms with Crippen LogP contribution >= 0.6 is 49.9 Å². The number of hydrogen-bond acceptors (Lipinski definition) is 3. The molecule has 2 rings (SSSR count). The number of benzene rings is 1. The van der Waals surface area contributed by atoms with Gasteiger partial charge in [0.1, 0.15) is 5.75 Å². The summed E-state index contributed by atoms with van der Waals surface area (Å²) in [6.45, 7) is 0. The van der Waals surface area contributed by atoms with Crippen LogP contribution in [0.3, 0.4) is 0 Å². The number of thiophene rings is 1. The molecule has 0 aliphatic carbocycles. The van der Waals surface area contributed by atoms with Crippen LogP contribution in [-0.2, 0) is 6.42 Å². The van der Waals surface area contributed by atoms with Gasteiger partial charge in [0.15, 0.2) is 0 Å². The van der Waals surface area contributed by atoms with E-state index in [4.69, 9.17) is 4.74 Å². The second-order valence-corrected chi connectivity index (χ2v) is 7.86. The minimum Gasteiger partial charge on any atom is -0.496 e. The lowest BCUT2D eigenvalue weighted by Crippen LogP contribution is -2.18. The molecule has 0 fully saturated rings. The fourth-order valence-corrected chi connectivity index (χ4v) is 3.98. The first kappa shape index (κ1) is 15.3. The Morgan fingerprint density at radius 2 is 2.21 bits per heavy atom. The van der Waals surface area contributed by atoms with Gasteiger partial charge in [0.2, 0.25) is 0 Å². The molecule has 0 saturated heterocycles. The third-order valence-corrected chi connectivity index (χ3v) is 5.42. The Morgan fingerprint density at radius 1 is 1.42 bits per heavy atom. The summed E-state index contributed by atoms with van der Waals surface area (Å²) in [6, 6.07) is 8.83. The number of likely N-dealkylation sites (N-methyl/N-ethyl adjacent to an activating group) is 1. The highest BCUT2D eigenvalue weighted by Gasteiger charge is 2.12. The Morgan fingerprint density at radius 3 is 2.74 bits per heavy atom. The molecule has 1 aromatic carbocycles. The summed E-state index contributed by atoms with van der Waals surface area (Å²) in [5.41, 5.74) is 2.64. The van der Waals surface area contributed by atoms with Gasteiger partial charge in [-0.1, -0.05) is 6.07 Å². The standard InChI is InChI=1S/C14H15BrINOS/c1-17-12(10-7-14(16)19-8-10)6-9-3-4-13(18-2)11(15)5-9/h3-5,7-8,12,17H,6H2,1-2H3. The van der Waals surface area contributed by atoms with Crippen molar-refractivity contribution >= 4 is 49.9 Å². The van der Waals surface area contributed by atoms with Crippen molar-refractivity contribution in [3.05, 3.63) is 48.1 Å². The monoisotopic (exact) mass is 451 g/mol. The summed E-state index contributed by atoms with van der Waals surface area (Å²) in [5, 5.41) is 5.61. The maximum Gasteiger partial charge on any atom is 0.133 e. The number of halogens is 2. The molecule has 1 unspecified atom stereocenters. The lowest BCUT2D eigenvalue weighted by Gasteiger charge is -2.15. The molecule has 0 radical (unpaired) electrons. The van der Waals surface area contributed by atoms with Crippen LogP contribution in [0.2, 0.25) is 0 Å². The Labute approximate surface area is 139 Å². The fraction of sp³-hybridized carbons (Fsp3) is 0.286. The van der Waals surface area contributed by atoms with E-state index < -0.39 is 0 Å². The minimum absolute atomic E-state index is 0.347. The zero-order valence-corrected chi connectivity index (χ0v) is 15.3. The van der Waals surface area contributed by atoms with Gasteiger partial charge in [-0.15, -0.1) is 11.3 Å². The highest BCUT2D eigenvalue weighted by atomic mass is 127. The van der Waals surface area contributed by atoms with Gasteiger partial charge in [-0.25, -0.2) is 0 Å². The third kappa shape index (κ3) is 3.93. The highest BCUT2D eigenvalue weighted by molar-refractivity contribution is 14.1. The van der Waals surface area contributed by atoms with E-state index in [0.717, 1.165) is 16.6 Å². The first-order valence-electron chi connectivity index (χ1n) is 5.87. The molecular formula is C14H15BrINOS. The molecule has 0 aliphatic heterocycles. The third-order valence-electron chi connectivity index (χ3n) is 2.99. The first-order chi connectivity index (χ1) is 9.13. The Bertz CT molecular complexity index is 558. The van der Waals surface area contributed by atoms with Gasteiger partial charge in [-0.2, -0.15) is 0 Å². The molecule has 102 valence electrons. The summed E-state index contributed by atoms with van der Waals surface area (Å²) >= 11 is 7.68. The molecule has 2 nitrogen and oxygen atoms in total. The van der Waals surface area contributed by atoms with E-state index >= 15 is 0 Å². The highest BCUT2D eigenvalue weighted by Crippen LogP contribution is 2.29. The van der Waals surface area contributed by atoms with Crippen molar-refractivity contribution in [1.82, 2.24) is 5.32 Å². The summed E-state index contributed by atoms with van der Waals surface area (Å²) < 4.78 is 7.58. The van der Waals surface area contributed by atoms with E-state index in [2.05, 4.69) is 67.4 Å². The zero-order chi connectivity index (χ0) is 13.8. The largest absolute Gasteiger partial charge is 0.496 e. The molecule has 1 heterocycles. The number of methoxy groups -OCH3 is 1. The van der Waals surface area contributed by atoms with Crippen molar-refractivity contribution in [3.63, 3.8) is 0 Å². The molecule has 0 bridgehead atoms. The van der Waals surface area contributed by atoms with Crippen LogP contribution in [0.15, 0.2) is 34.1 Å². The van der Waals surface area contributed by atoms with Gasteiger partial charge in [0, 0.05) is 6.04 Å². The molecule has 0 amide bonds. The molecule has 0 spiro atoms.